The second-order valence-corrected chi connectivity index (χ2v) is 8.25. The quantitative estimate of drug-likeness (QED) is 0.612. The molecule has 0 aliphatic carbocycles. The van der Waals surface area contributed by atoms with Crippen molar-refractivity contribution < 1.29 is 18.8 Å². The zero-order valence-electron chi connectivity index (χ0n) is 17.8. The number of urea groups is 1. The number of anilines is 1. The normalized spacial score (nSPS) is 17.1. The summed E-state index contributed by atoms with van der Waals surface area (Å²) in [5.41, 5.74) is 3.96. The second kappa shape index (κ2) is 8.50. The standard InChI is InChI=1S/C26H22FN3O3/c27-21-9-5-17(6-10-21)13-14-28-24(31)18-7-11-22(12-8-18)30-25(32)23-15-19-3-1-2-4-20(19)16-29(23)26(30)33/h1-12,23H,13-16H2,(H,28,31). The largest absolute Gasteiger partial charge is 0.352 e. The van der Waals surface area contributed by atoms with Gasteiger partial charge in [0.15, 0.2) is 0 Å². The highest BCUT2D eigenvalue weighted by Gasteiger charge is 2.47. The van der Waals surface area contributed by atoms with Gasteiger partial charge in [0.2, 0.25) is 0 Å². The first kappa shape index (κ1) is 20.9. The molecule has 1 unspecified atom stereocenters. The third-order valence-electron chi connectivity index (χ3n) is 6.19. The van der Waals surface area contributed by atoms with E-state index in [4.69, 9.17) is 0 Å². The molecule has 0 spiro atoms. The summed E-state index contributed by atoms with van der Waals surface area (Å²) in [6.45, 7) is 0.822. The molecule has 166 valence electrons. The van der Waals surface area contributed by atoms with Crippen molar-refractivity contribution in [3.8, 4) is 0 Å². The van der Waals surface area contributed by atoms with Crippen molar-refractivity contribution in [3.63, 3.8) is 0 Å². The number of nitrogens with one attached hydrogen (secondary N) is 1. The zero-order chi connectivity index (χ0) is 22.9. The van der Waals surface area contributed by atoms with E-state index in [0.29, 0.717) is 37.2 Å². The molecule has 1 N–H and O–H groups in total. The number of amides is 4. The molecular weight excluding hydrogens is 421 g/mol. The van der Waals surface area contributed by atoms with Gasteiger partial charge < -0.3 is 10.2 Å². The van der Waals surface area contributed by atoms with Crippen LogP contribution in [0.2, 0.25) is 0 Å². The van der Waals surface area contributed by atoms with E-state index in [1.807, 2.05) is 24.3 Å². The van der Waals surface area contributed by atoms with Crippen LogP contribution in [0.1, 0.15) is 27.0 Å². The summed E-state index contributed by atoms with van der Waals surface area (Å²) in [6, 6.07) is 19.6. The maximum Gasteiger partial charge on any atom is 0.332 e. The Morgan fingerprint density at radius 2 is 1.64 bits per heavy atom. The highest BCUT2D eigenvalue weighted by atomic mass is 19.1. The number of hydrogen-bond acceptors (Lipinski definition) is 3. The van der Waals surface area contributed by atoms with E-state index in [1.54, 1.807) is 41.3 Å². The fraction of sp³-hybridized carbons (Fsp3) is 0.192. The minimum atomic E-state index is -0.498. The Morgan fingerprint density at radius 3 is 2.36 bits per heavy atom. The van der Waals surface area contributed by atoms with Gasteiger partial charge in [-0.1, -0.05) is 36.4 Å². The Bertz CT molecular complexity index is 1180. The summed E-state index contributed by atoms with van der Waals surface area (Å²) in [6.07, 6.45) is 1.09. The molecule has 0 bridgehead atoms. The molecule has 2 aliphatic heterocycles. The molecular formula is C26H22FN3O3. The molecule has 3 aromatic rings. The maximum atomic E-state index is 13.0. The molecule has 5 rings (SSSR count). The fourth-order valence-corrected chi connectivity index (χ4v) is 4.39. The van der Waals surface area contributed by atoms with Gasteiger partial charge in [0.25, 0.3) is 11.8 Å². The van der Waals surface area contributed by atoms with Crippen LogP contribution in [0.25, 0.3) is 0 Å². The highest BCUT2D eigenvalue weighted by molar-refractivity contribution is 6.21. The number of nitrogens with zero attached hydrogens (tertiary/aromatic N) is 2. The van der Waals surface area contributed by atoms with Gasteiger partial charge in [-0.25, -0.2) is 14.1 Å². The molecule has 6 nitrogen and oxygen atoms in total. The number of carbonyl (C=O) groups is 3. The SMILES string of the molecule is O=C(NCCc1ccc(F)cc1)c1ccc(N2C(=O)C3Cc4ccccc4CN3C2=O)cc1. The summed E-state index contributed by atoms with van der Waals surface area (Å²) in [7, 11) is 0. The van der Waals surface area contributed by atoms with Gasteiger partial charge >= 0.3 is 6.03 Å². The summed E-state index contributed by atoms with van der Waals surface area (Å²) >= 11 is 0. The maximum absolute atomic E-state index is 13.0. The van der Waals surface area contributed by atoms with Crippen LogP contribution in [0.5, 0.6) is 0 Å². The lowest BCUT2D eigenvalue weighted by Gasteiger charge is -2.28. The fourth-order valence-electron chi connectivity index (χ4n) is 4.39. The van der Waals surface area contributed by atoms with Crippen molar-refractivity contribution in [1.82, 2.24) is 10.2 Å². The summed E-state index contributed by atoms with van der Waals surface area (Å²) in [5, 5.41) is 2.83. The minimum absolute atomic E-state index is 0.244. The molecule has 0 radical (unpaired) electrons. The van der Waals surface area contributed by atoms with Crippen LogP contribution in [0.3, 0.4) is 0 Å². The molecule has 4 amide bonds. The molecule has 2 heterocycles. The number of carbonyl (C=O) groups excluding carboxylic acids is 3. The number of rotatable bonds is 5. The molecule has 3 aromatic carbocycles. The van der Waals surface area contributed by atoms with E-state index < -0.39 is 6.04 Å². The highest BCUT2D eigenvalue weighted by Crippen LogP contribution is 2.32. The Labute approximate surface area is 190 Å². The average Bonchev–Trinajstić information content (AvgIpc) is 3.08. The Kier molecular flexibility index (Phi) is 5.38. The van der Waals surface area contributed by atoms with E-state index >= 15 is 0 Å². The summed E-state index contributed by atoms with van der Waals surface area (Å²) < 4.78 is 13.0. The first-order valence-electron chi connectivity index (χ1n) is 10.9. The number of fused-ring (bicyclic) bond motifs is 2. The summed E-state index contributed by atoms with van der Waals surface area (Å²) in [4.78, 5) is 41.3. The van der Waals surface area contributed by atoms with Crippen LogP contribution in [0.15, 0.2) is 72.8 Å². The van der Waals surface area contributed by atoms with Gasteiger partial charge in [-0.05, 0) is 59.5 Å². The van der Waals surface area contributed by atoms with E-state index in [2.05, 4.69) is 5.32 Å². The Hall–Kier alpha value is -4.00. The second-order valence-electron chi connectivity index (χ2n) is 8.25. The van der Waals surface area contributed by atoms with Crippen molar-refractivity contribution in [2.24, 2.45) is 0 Å². The predicted molar refractivity (Wildman–Crippen MR) is 121 cm³/mol. The van der Waals surface area contributed by atoms with Gasteiger partial charge in [0.1, 0.15) is 11.9 Å². The predicted octanol–water partition coefficient (Wildman–Crippen LogP) is 3.69. The summed E-state index contributed by atoms with van der Waals surface area (Å²) in [5.74, 6) is -0.792. The van der Waals surface area contributed by atoms with E-state index in [1.165, 1.54) is 17.0 Å². The molecule has 7 heteroatoms. The van der Waals surface area contributed by atoms with Crippen molar-refractivity contribution in [3.05, 3.63) is 101 Å². The van der Waals surface area contributed by atoms with E-state index in [-0.39, 0.29) is 23.7 Å². The lowest BCUT2D eigenvalue weighted by molar-refractivity contribution is -0.120. The van der Waals surface area contributed by atoms with Gasteiger partial charge in [0, 0.05) is 25.1 Å². The average molecular weight is 443 g/mol. The Morgan fingerprint density at radius 1 is 0.939 bits per heavy atom. The number of benzene rings is 3. The van der Waals surface area contributed by atoms with E-state index in [0.717, 1.165) is 16.7 Å². The minimum Gasteiger partial charge on any atom is -0.352 e. The van der Waals surface area contributed by atoms with Gasteiger partial charge in [-0.2, -0.15) is 0 Å². The molecule has 1 atom stereocenters. The van der Waals surface area contributed by atoms with E-state index in [9.17, 15) is 18.8 Å². The van der Waals surface area contributed by atoms with Gasteiger partial charge in [-0.15, -0.1) is 0 Å². The lowest BCUT2D eigenvalue weighted by atomic mass is 9.95. The first-order chi connectivity index (χ1) is 16.0. The number of halogens is 1. The zero-order valence-corrected chi connectivity index (χ0v) is 17.8. The monoisotopic (exact) mass is 443 g/mol. The van der Waals surface area contributed by atoms with Crippen LogP contribution in [0.4, 0.5) is 14.9 Å². The van der Waals surface area contributed by atoms with Crippen molar-refractivity contribution in [2.75, 3.05) is 11.4 Å². The topological polar surface area (TPSA) is 69.7 Å². The van der Waals surface area contributed by atoms with Crippen LogP contribution in [-0.2, 0) is 24.2 Å². The first-order valence-corrected chi connectivity index (χ1v) is 10.9. The van der Waals surface area contributed by atoms with Crippen LogP contribution >= 0.6 is 0 Å². The third-order valence-corrected chi connectivity index (χ3v) is 6.19. The van der Waals surface area contributed by atoms with Crippen molar-refractivity contribution in [2.45, 2.75) is 25.4 Å². The van der Waals surface area contributed by atoms with Crippen LogP contribution < -0.4 is 10.2 Å². The van der Waals surface area contributed by atoms with Gasteiger partial charge in [0.05, 0.1) is 5.69 Å². The number of hydrogen-bond donors (Lipinski definition) is 1. The van der Waals surface area contributed by atoms with Crippen LogP contribution in [-0.4, -0.2) is 35.3 Å². The lowest BCUT2D eigenvalue weighted by Crippen LogP contribution is -2.39. The van der Waals surface area contributed by atoms with Crippen LogP contribution in [0, 0.1) is 5.82 Å². The molecule has 1 fully saturated rings. The Balaban J connectivity index is 1.24. The third kappa shape index (κ3) is 3.98. The molecule has 1 saturated heterocycles. The van der Waals surface area contributed by atoms with Crippen molar-refractivity contribution in [1.29, 1.82) is 0 Å². The smallest absolute Gasteiger partial charge is 0.332 e. The van der Waals surface area contributed by atoms with Gasteiger partial charge in [-0.3, -0.25) is 9.59 Å². The molecule has 0 aromatic heterocycles. The molecule has 33 heavy (non-hydrogen) atoms. The van der Waals surface area contributed by atoms with Crippen molar-refractivity contribution >= 4 is 23.5 Å². The molecule has 0 saturated carbocycles. The molecule has 2 aliphatic rings. The number of imide groups is 1.